The number of alkyl carbamates (subject to hydrolysis) is 1. The molecule has 2 N–H and O–H groups in total. The summed E-state index contributed by atoms with van der Waals surface area (Å²) < 4.78 is 5.43. The lowest BCUT2D eigenvalue weighted by Gasteiger charge is -2.31. The summed E-state index contributed by atoms with van der Waals surface area (Å²) in [5.74, 6) is -1.02. The molecule has 0 unspecified atom stereocenters. The van der Waals surface area contributed by atoms with E-state index in [1.165, 1.54) is 0 Å². The third kappa shape index (κ3) is 2.94. The highest BCUT2D eigenvalue weighted by Gasteiger charge is 2.35. The van der Waals surface area contributed by atoms with E-state index in [9.17, 15) is 14.7 Å². The van der Waals surface area contributed by atoms with Crippen molar-refractivity contribution in [3.05, 3.63) is 59.7 Å². The molecule has 0 heterocycles. The number of aliphatic carboxylic acids is 1. The van der Waals surface area contributed by atoms with E-state index < -0.39 is 18.1 Å². The Morgan fingerprint density at radius 2 is 1.62 bits per heavy atom. The smallest absolute Gasteiger partial charge is 0.407 e. The Hall–Kier alpha value is -2.82. The molecule has 0 radical (unpaired) electrons. The van der Waals surface area contributed by atoms with Gasteiger partial charge in [0.2, 0.25) is 0 Å². The van der Waals surface area contributed by atoms with Gasteiger partial charge in [0, 0.05) is 5.92 Å². The van der Waals surface area contributed by atoms with Crippen LogP contribution in [0.3, 0.4) is 0 Å². The highest BCUT2D eigenvalue weighted by molar-refractivity contribution is 5.81. The standard InChI is InChI=1S/C21H21NO4/c23-20(24)19(13-6-5-7-13)22-21(25)26-12-18-16-10-3-1-8-14(16)15-9-2-4-11-17(15)18/h1-4,8-11,13,18-19H,5-7,12H2,(H,22,25)(H,23,24)/t19-/m0/s1. The molecule has 0 bridgehead atoms. The van der Waals surface area contributed by atoms with Crippen LogP contribution in [0.15, 0.2) is 48.5 Å². The third-order valence-corrected chi connectivity index (χ3v) is 5.50. The molecule has 0 aliphatic heterocycles. The summed E-state index contributed by atoms with van der Waals surface area (Å²) in [5.41, 5.74) is 4.59. The van der Waals surface area contributed by atoms with Gasteiger partial charge in [-0.05, 0) is 41.0 Å². The fourth-order valence-electron chi connectivity index (χ4n) is 3.92. The second kappa shape index (κ2) is 6.83. The molecule has 0 spiro atoms. The lowest BCUT2D eigenvalue weighted by molar-refractivity contribution is -0.141. The Balaban J connectivity index is 1.46. The highest BCUT2D eigenvalue weighted by Crippen LogP contribution is 2.44. The zero-order chi connectivity index (χ0) is 18.1. The molecule has 5 nitrogen and oxygen atoms in total. The molecule has 1 atom stereocenters. The van der Waals surface area contributed by atoms with Crippen molar-refractivity contribution < 1.29 is 19.4 Å². The SMILES string of the molecule is O=C(N[C@H](C(=O)O)C1CCC1)OCC1c2ccccc2-c2ccccc21. The lowest BCUT2D eigenvalue weighted by Crippen LogP contribution is -2.48. The monoisotopic (exact) mass is 351 g/mol. The molecular formula is C21H21NO4. The number of carbonyl (C=O) groups excluding carboxylic acids is 1. The van der Waals surface area contributed by atoms with Gasteiger partial charge in [0.1, 0.15) is 12.6 Å². The topological polar surface area (TPSA) is 75.6 Å². The maximum absolute atomic E-state index is 12.2. The molecule has 5 heteroatoms. The number of ether oxygens (including phenoxy) is 1. The van der Waals surface area contributed by atoms with Crippen LogP contribution in [-0.4, -0.2) is 29.8 Å². The van der Waals surface area contributed by atoms with E-state index in [0.717, 1.165) is 41.5 Å². The predicted octanol–water partition coefficient (Wildman–Crippen LogP) is 3.78. The first-order chi connectivity index (χ1) is 12.6. The number of carbonyl (C=O) groups is 2. The summed E-state index contributed by atoms with van der Waals surface area (Å²) in [7, 11) is 0. The number of carboxylic acid groups (broad SMARTS) is 1. The zero-order valence-electron chi connectivity index (χ0n) is 14.4. The van der Waals surface area contributed by atoms with Crippen molar-refractivity contribution in [3.8, 4) is 11.1 Å². The predicted molar refractivity (Wildman–Crippen MR) is 97.0 cm³/mol. The van der Waals surface area contributed by atoms with Gasteiger partial charge in [-0.25, -0.2) is 9.59 Å². The first-order valence-corrected chi connectivity index (χ1v) is 8.99. The number of hydrogen-bond donors (Lipinski definition) is 2. The quantitative estimate of drug-likeness (QED) is 0.860. The van der Waals surface area contributed by atoms with Crippen molar-refractivity contribution >= 4 is 12.1 Å². The first kappa shape index (κ1) is 16.6. The number of nitrogens with one attached hydrogen (secondary N) is 1. The van der Waals surface area contributed by atoms with Crippen molar-refractivity contribution in [3.63, 3.8) is 0 Å². The molecule has 1 fully saturated rings. The minimum absolute atomic E-state index is 0.00739. The van der Waals surface area contributed by atoms with Gasteiger partial charge < -0.3 is 15.2 Å². The first-order valence-electron chi connectivity index (χ1n) is 8.99. The van der Waals surface area contributed by atoms with Crippen molar-refractivity contribution in [2.75, 3.05) is 6.61 Å². The van der Waals surface area contributed by atoms with Crippen molar-refractivity contribution in [2.24, 2.45) is 5.92 Å². The molecule has 2 aliphatic carbocycles. The highest BCUT2D eigenvalue weighted by atomic mass is 16.5. The Bertz CT molecular complexity index is 798. The molecule has 1 saturated carbocycles. The number of amides is 1. The molecular weight excluding hydrogens is 330 g/mol. The van der Waals surface area contributed by atoms with E-state index in [2.05, 4.69) is 29.6 Å². The summed E-state index contributed by atoms with van der Waals surface area (Å²) >= 11 is 0. The van der Waals surface area contributed by atoms with Gasteiger partial charge in [-0.1, -0.05) is 55.0 Å². The van der Waals surface area contributed by atoms with Gasteiger partial charge in [0.15, 0.2) is 0 Å². The number of fused-ring (bicyclic) bond motifs is 3. The normalized spacial score (nSPS) is 16.9. The molecule has 0 aromatic heterocycles. The summed E-state index contributed by atoms with van der Waals surface area (Å²) in [6.07, 6.45) is 2.02. The van der Waals surface area contributed by atoms with E-state index in [0.29, 0.717) is 0 Å². The average Bonchev–Trinajstić information content (AvgIpc) is 2.92. The van der Waals surface area contributed by atoms with Gasteiger partial charge in [-0.3, -0.25) is 0 Å². The van der Waals surface area contributed by atoms with Crippen LogP contribution in [0, 0.1) is 5.92 Å². The summed E-state index contributed by atoms with van der Waals surface area (Å²) in [6, 6.07) is 15.4. The van der Waals surface area contributed by atoms with Crippen LogP contribution in [0.5, 0.6) is 0 Å². The second-order valence-electron chi connectivity index (χ2n) is 6.98. The Kier molecular flexibility index (Phi) is 4.37. The van der Waals surface area contributed by atoms with Crippen LogP contribution in [0.4, 0.5) is 4.79 Å². The fourth-order valence-corrected chi connectivity index (χ4v) is 3.92. The van der Waals surface area contributed by atoms with Gasteiger partial charge in [0.05, 0.1) is 0 Å². The van der Waals surface area contributed by atoms with Crippen molar-refractivity contribution in [2.45, 2.75) is 31.2 Å². The average molecular weight is 351 g/mol. The largest absolute Gasteiger partial charge is 0.480 e. The van der Waals surface area contributed by atoms with Crippen LogP contribution in [-0.2, 0) is 9.53 Å². The van der Waals surface area contributed by atoms with Crippen LogP contribution >= 0.6 is 0 Å². The Morgan fingerprint density at radius 1 is 1.04 bits per heavy atom. The summed E-state index contributed by atoms with van der Waals surface area (Å²) in [4.78, 5) is 23.6. The van der Waals surface area contributed by atoms with E-state index in [-0.39, 0.29) is 18.4 Å². The molecule has 26 heavy (non-hydrogen) atoms. The second-order valence-corrected chi connectivity index (χ2v) is 6.98. The van der Waals surface area contributed by atoms with Crippen LogP contribution in [0.2, 0.25) is 0 Å². The Morgan fingerprint density at radius 3 is 2.12 bits per heavy atom. The minimum atomic E-state index is -0.997. The molecule has 134 valence electrons. The zero-order valence-corrected chi connectivity index (χ0v) is 14.4. The number of benzene rings is 2. The molecule has 1 amide bonds. The molecule has 0 saturated heterocycles. The summed E-state index contributed by atoms with van der Waals surface area (Å²) in [5, 5.41) is 11.9. The Labute approximate surface area is 152 Å². The minimum Gasteiger partial charge on any atom is -0.480 e. The molecule has 4 rings (SSSR count). The van der Waals surface area contributed by atoms with Gasteiger partial charge in [-0.15, -0.1) is 0 Å². The molecule has 2 aromatic rings. The lowest BCUT2D eigenvalue weighted by atomic mass is 9.80. The van der Waals surface area contributed by atoms with Crippen molar-refractivity contribution in [1.82, 2.24) is 5.32 Å². The maximum Gasteiger partial charge on any atom is 0.407 e. The van der Waals surface area contributed by atoms with E-state index >= 15 is 0 Å². The van der Waals surface area contributed by atoms with Gasteiger partial charge in [0.25, 0.3) is 0 Å². The fraction of sp³-hybridized carbons (Fsp3) is 0.333. The van der Waals surface area contributed by atoms with Gasteiger partial charge >= 0.3 is 12.1 Å². The van der Waals surface area contributed by atoms with Crippen LogP contribution < -0.4 is 5.32 Å². The summed E-state index contributed by atoms with van der Waals surface area (Å²) in [6.45, 7) is 0.191. The van der Waals surface area contributed by atoms with E-state index in [4.69, 9.17) is 4.74 Å². The van der Waals surface area contributed by atoms with E-state index in [1.54, 1.807) is 0 Å². The number of carboxylic acids is 1. The maximum atomic E-state index is 12.2. The molecule has 2 aromatic carbocycles. The number of hydrogen-bond acceptors (Lipinski definition) is 3. The van der Waals surface area contributed by atoms with E-state index in [1.807, 2.05) is 24.3 Å². The van der Waals surface area contributed by atoms with Gasteiger partial charge in [-0.2, -0.15) is 0 Å². The van der Waals surface area contributed by atoms with Crippen LogP contribution in [0.1, 0.15) is 36.3 Å². The van der Waals surface area contributed by atoms with Crippen molar-refractivity contribution in [1.29, 1.82) is 0 Å². The number of rotatable bonds is 5. The molecule has 2 aliphatic rings. The third-order valence-electron chi connectivity index (χ3n) is 5.50. The van der Waals surface area contributed by atoms with Crippen LogP contribution in [0.25, 0.3) is 11.1 Å².